The SMILES string of the molecule is CCOc1ccc([C@H](C(=O)NC[C@@H]2CCCO2)N(CCc2ccccc2)C(=O)Cn2nnc3ccccc32)cc1. The van der Waals surface area contributed by atoms with Crippen LogP contribution in [0.25, 0.3) is 11.0 Å². The second-order valence-corrected chi connectivity index (χ2v) is 9.84. The van der Waals surface area contributed by atoms with E-state index in [4.69, 9.17) is 9.47 Å². The van der Waals surface area contributed by atoms with Crippen LogP contribution >= 0.6 is 0 Å². The molecule has 2 heterocycles. The fraction of sp³-hybridized carbons (Fsp3) is 0.355. The highest BCUT2D eigenvalue weighted by atomic mass is 16.5. The Morgan fingerprint density at radius 2 is 1.85 bits per heavy atom. The molecule has 1 saturated heterocycles. The van der Waals surface area contributed by atoms with E-state index in [2.05, 4.69) is 15.6 Å². The molecule has 1 fully saturated rings. The van der Waals surface area contributed by atoms with E-state index in [1.165, 1.54) is 0 Å². The van der Waals surface area contributed by atoms with Gasteiger partial charge < -0.3 is 19.7 Å². The summed E-state index contributed by atoms with van der Waals surface area (Å²) in [6.45, 7) is 3.88. The van der Waals surface area contributed by atoms with Crippen LogP contribution in [-0.2, 0) is 27.3 Å². The highest BCUT2D eigenvalue weighted by molar-refractivity contribution is 5.89. The van der Waals surface area contributed by atoms with Crippen LogP contribution in [0, 0.1) is 0 Å². The third-order valence-electron chi connectivity index (χ3n) is 7.10. The van der Waals surface area contributed by atoms with E-state index in [-0.39, 0.29) is 24.5 Å². The molecule has 9 nitrogen and oxygen atoms in total. The van der Waals surface area contributed by atoms with Gasteiger partial charge in [0, 0.05) is 19.7 Å². The maximum atomic E-state index is 14.0. The quantitative estimate of drug-likeness (QED) is 0.292. The number of para-hydroxylation sites is 1. The second-order valence-electron chi connectivity index (χ2n) is 9.84. The molecule has 0 spiro atoms. The summed E-state index contributed by atoms with van der Waals surface area (Å²) in [7, 11) is 0. The number of aromatic nitrogens is 3. The van der Waals surface area contributed by atoms with Gasteiger partial charge in [0.2, 0.25) is 11.8 Å². The van der Waals surface area contributed by atoms with Crippen molar-refractivity contribution in [3.05, 3.63) is 90.0 Å². The molecule has 40 heavy (non-hydrogen) atoms. The molecular formula is C31H35N5O4. The van der Waals surface area contributed by atoms with Crippen LogP contribution in [0.5, 0.6) is 5.75 Å². The Balaban J connectivity index is 1.46. The molecule has 4 aromatic rings. The van der Waals surface area contributed by atoms with Crippen molar-refractivity contribution in [2.24, 2.45) is 0 Å². The number of fused-ring (bicyclic) bond motifs is 1. The van der Waals surface area contributed by atoms with Crippen LogP contribution < -0.4 is 10.1 Å². The maximum Gasteiger partial charge on any atom is 0.247 e. The van der Waals surface area contributed by atoms with E-state index in [1.54, 1.807) is 9.58 Å². The number of amides is 2. The normalized spacial score (nSPS) is 15.6. The van der Waals surface area contributed by atoms with E-state index in [0.29, 0.717) is 49.6 Å². The number of nitrogens with one attached hydrogen (secondary N) is 1. The molecule has 1 aromatic heterocycles. The Morgan fingerprint density at radius 1 is 1.07 bits per heavy atom. The summed E-state index contributed by atoms with van der Waals surface area (Å²) < 4.78 is 12.9. The first-order chi connectivity index (χ1) is 19.6. The van der Waals surface area contributed by atoms with Crippen LogP contribution in [-0.4, -0.2) is 64.1 Å². The molecule has 0 radical (unpaired) electrons. The van der Waals surface area contributed by atoms with Crippen molar-refractivity contribution >= 4 is 22.8 Å². The van der Waals surface area contributed by atoms with Gasteiger partial charge in [-0.25, -0.2) is 4.68 Å². The minimum Gasteiger partial charge on any atom is -0.494 e. The van der Waals surface area contributed by atoms with E-state index < -0.39 is 6.04 Å². The first-order valence-corrected chi connectivity index (χ1v) is 13.9. The summed E-state index contributed by atoms with van der Waals surface area (Å²) in [4.78, 5) is 29.5. The standard InChI is InChI=1S/C31H35N5O4/c1-2-39-25-16-14-24(15-17-25)30(31(38)32-21-26-11-8-20-40-26)35(19-18-23-9-4-3-5-10-23)29(37)22-36-28-13-7-6-12-27(28)33-34-36/h3-7,9-10,12-17,26,30H,2,8,11,18-22H2,1H3,(H,32,38)/t26-,30+/m0/s1. The highest BCUT2D eigenvalue weighted by Crippen LogP contribution is 2.26. The third kappa shape index (κ3) is 6.66. The Morgan fingerprint density at radius 3 is 2.60 bits per heavy atom. The summed E-state index contributed by atoms with van der Waals surface area (Å²) in [5.41, 5.74) is 3.26. The van der Waals surface area contributed by atoms with Crippen molar-refractivity contribution in [3.63, 3.8) is 0 Å². The fourth-order valence-electron chi connectivity index (χ4n) is 5.05. The van der Waals surface area contributed by atoms with Crippen molar-refractivity contribution < 1.29 is 19.1 Å². The number of benzene rings is 3. The zero-order valence-electron chi connectivity index (χ0n) is 22.7. The molecule has 3 aromatic carbocycles. The van der Waals surface area contributed by atoms with E-state index in [9.17, 15) is 9.59 Å². The zero-order valence-corrected chi connectivity index (χ0v) is 22.7. The van der Waals surface area contributed by atoms with Gasteiger partial charge in [-0.15, -0.1) is 5.10 Å². The highest BCUT2D eigenvalue weighted by Gasteiger charge is 2.32. The van der Waals surface area contributed by atoms with Crippen molar-refractivity contribution in [3.8, 4) is 5.75 Å². The minimum atomic E-state index is -0.844. The van der Waals surface area contributed by atoms with E-state index >= 15 is 0 Å². The average Bonchev–Trinajstić information content (AvgIpc) is 3.66. The number of hydrogen-bond acceptors (Lipinski definition) is 6. The molecule has 5 rings (SSSR count). The van der Waals surface area contributed by atoms with Crippen molar-refractivity contribution in [1.29, 1.82) is 0 Å². The van der Waals surface area contributed by atoms with Crippen LogP contribution in [0.4, 0.5) is 0 Å². The molecule has 2 atom stereocenters. The number of nitrogens with zero attached hydrogens (tertiary/aromatic N) is 4. The van der Waals surface area contributed by atoms with Crippen LogP contribution in [0.15, 0.2) is 78.9 Å². The predicted molar refractivity (Wildman–Crippen MR) is 152 cm³/mol. The Kier molecular flexibility index (Phi) is 9.03. The van der Waals surface area contributed by atoms with Crippen molar-refractivity contribution in [2.45, 2.75) is 44.9 Å². The lowest BCUT2D eigenvalue weighted by molar-refractivity contribution is -0.141. The molecule has 0 aliphatic carbocycles. The molecule has 0 bridgehead atoms. The van der Waals surface area contributed by atoms with Gasteiger partial charge in [-0.05, 0) is 61.6 Å². The molecular weight excluding hydrogens is 506 g/mol. The third-order valence-corrected chi connectivity index (χ3v) is 7.10. The summed E-state index contributed by atoms with van der Waals surface area (Å²) in [5.74, 6) is 0.239. The monoisotopic (exact) mass is 541 g/mol. The predicted octanol–water partition coefficient (Wildman–Crippen LogP) is 3.94. The largest absolute Gasteiger partial charge is 0.494 e. The van der Waals surface area contributed by atoms with Crippen LogP contribution in [0.1, 0.15) is 36.9 Å². The average molecular weight is 542 g/mol. The van der Waals surface area contributed by atoms with Gasteiger partial charge in [0.25, 0.3) is 0 Å². The summed E-state index contributed by atoms with van der Waals surface area (Å²) in [5, 5.41) is 11.5. The zero-order chi connectivity index (χ0) is 27.7. The van der Waals surface area contributed by atoms with Crippen LogP contribution in [0.2, 0.25) is 0 Å². The second kappa shape index (κ2) is 13.2. The molecule has 1 aliphatic rings. The number of rotatable bonds is 12. The lowest BCUT2D eigenvalue weighted by Crippen LogP contribution is -2.47. The number of carbonyl (C=O) groups excluding carboxylic acids is 2. The molecule has 1 aliphatic heterocycles. The summed E-state index contributed by atoms with van der Waals surface area (Å²) in [6.07, 6.45) is 2.47. The van der Waals surface area contributed by atoms with Crippen LogP contribution in [0.3, 0.4) is 0 Å². The van der Waals surface area contributed by atoms with Gasteiger partial charge in [-0.3, -0.25) is 9.59 Å². The lowest BCUT2D eigenvalue weighted by Gasteiger charge is -2.32. The van der Waals surface area contributed by atoms with Gasteiger partial charge in [0.15, 0.2) is 0 Å². The molecule has 0 saturated carbocycles. The smallest absolute Gasteiger partial charge is 0.247 e. The lowest BCUT2D eigenvalue weighted by atomic mass is 10.0. The summed E-state index contributed by atoms with van der Waals surface area (Å²) in [6, 6.07) is 24.0. The first-order valence-electron chi connectivity index (χ1n) is 13.9. The first kappa shape index (κ1) is 27.3. The minimum absolute atomic E-state index is 0.0140. The van der Waals surface area contributed by atoms with E-state index in [0.717, 1.165) is 23.9 Å². The Hall–Kier alpha value is -4.24. The van der Waals surface area contributed by atoms with Gasteiger partial charge in [-0.1, -0.05) is 59.8 Å². The molecule has 9 heteroatoms. The number of hydrogen-bond donors (Lipinski definition) is 1. The van der Waals surface area contributed by atoms with E-state index in [1.807, 2.05) is 85.8 Å². The topological polar surface area (TPSA) is 98.6 Å². The van der Waals surface area contributed by atoms with Gasteiger partial charge in [0.1, 0.15) is 23.9 Å². The molecule has 2 amide bonds. The summed E-state index contributed by atoms with van der Waals surface area (Å²) >= 11 is 0. The molecule has 208 valence electrons. The Labute approximate surface area is 234 Å². The number of carbonyl (C=O) groups is 2. The maximum absolute atomic E-state index is 14.0. The van der Waals surface area contributed by atoms with Crippen molar-refractivity contribution in [2.75, 3.05) is 26.3 Å². The molecule has 1 N–H and O–H groups in total. The Bertz CT molecular complexity index is 1400. The van der Waals surface area contributed by atoms with Gasteiger partial charge in [0.05, 0.1) is 18.2 Å². The fourth-order valence-corrected chi connectivity index (χ4v) is 5.05. The van der Waals surface area contributed by atoms with Gasteiger partial charge >= 0.3 is 0 Å². The van der Waals surface area contributed by atoms with Crippen molar-refractivity contribution in [1.82, 2.24) is 25.2 Å². The number of ether oxygens (including phenoxy) is 2. The molecule has 0 unspecified atom stereocenters. The van der Waals surface area contributed by atoms with Gasteiger partial charge in [-0.2, -0.15) is 0 Å².